The van der Waals surface area contributed by atoms with Gasteiger partial charge in [0, 0.05) is 25.5 Å². The van der Waals surface area contributed by atoms with Crippen molar-refractivity contribution in [2.75, 3.05) is 33.4 Å². The summed E-state index contributed by atoms with van der Waals surface area (Å²) in [5, 5.41) is 6.19. The molecule has 1 aliphatic rings. The van der Waals surface area contributed by atoms with Gasteiger partial charge >= 0.3 is 6.18 Å². The fourth-order valence-electron chi connectivity index (χ4n) is 3.57. The number of rotatable bonds is 7. The number of nitrogens with one attached hydrogen (secondary N) is 2. The van der Waals surface area contributed by atoms with E-state index in [4.69, 9.17) is 4.74 Å². The predicted octanol–water partition coefficient (Wildman–Crippen LogP) is 3.33. The van der Waals surface area contributed by atoms with Crippen LogP contribution in [0.25, 0.3) is 0 Å². The highest BCUT2D eigenvalue weighted by molar-refractivity contribution is 5.77. The van der Waals surface area contributed by atoms with Crippen LogP contribution < -0.4 is 10.6 Å². The lowest BCUT2D eigenvalue weighted by atomic mass is 9.79. The first-order valence-electron chi connectivity index (χ1n) is 8.90. The molecule has 1 atom stereocenters. The van der Waals surface area contributed by atoms with Crippen LogP contribution in [0.1, 0.15) is 43.2 Å². The molecule has 4 nitrogen and oxygen atoms in total. The Morgan fingerprint density at radius 1 is 1.31 bits per heavy atom. The Balaban J connectivity index is 1.97. The third kappa shape index (κ3) is 5.45. The maximum Gasteiger partial charge on any atom is 0.416 e. The summed E-state index contributed by atoms with van der Waals surface area (Å²) in [6, 6.07) is 5.44. The summed E-state index contributed by atoms with van der Waals surface area (Å²) < 4.78 is 44.8. The zero-order chi connectivity index (χ0) is 19.2. The SMILES string of the molecule is COCC1(CNC(=O)CC(C)c2ccccc2C(F)(F)F)CCNCC1. The highest BCUT2D eigenvalue weighted by Gasteiger charge is 2.35. The summed E-state index contributed by atoms with van der Waals surface area (Å²) in [6.45, 7) is 4.43. The van der Waals surface area contributed by atoms with E-state index in [0.717, 1.165) is 32.0 Å². The van der Waals surface area contributed by atoms with E-state index in [9.17, 15) is 18.0 Å². The Kier molecular flexibility index (Phi) is 7.06. The second-order valence-corrected chi connectivity index (χ2v) is 7.15. The summed E-state index contributed by atoms with van der Waals surface area (Å²) >= 11 is 0. The molecule has 146 valence electrons. The van der Waals surface area contributed by atoms with Gasteiger partial charge in [-0.25, -0.2) is 0 Å². The Hall–Kier alpha value is -1.60. The van der Waals surface area contributed by atoms with E-state index in [-0.39, 0.29) is 23.3 Å². The lowest BCUT2D eigenvalue weighted by Gasteiger charge is -2.37. The van der Waals surface area contributed by atoms with Crippen LogP contribution in [0.3, 0.4) is 0 Å². The van der Waals surface area contributed by atoms with E-state index in [2.05, 4.69) is 10.6 Å². The van der Waals surface area contributed by atoms with Gasteiger partial charge in [0.2, 0.25) is 5.91 Å². The predicted molar refractivity (Wildman–Crippen MR) is 93.9 cm³/mol. The molecule has 1 heterocycles. The van der Waals surface area contributed by atoms with Gasteiger partial charge < -0.3 is 15.4 Å². The number of amides is 1. The molecule has 26 heavy (non-hydrogen) atoms. The molecular formula is C19H27F3N2O2. The monoisotopic (exact) mass is 372 g/mol. The number of alkyl halides is 3. The molecule has 1 aliphatic heterocycles. The quantitative estimate of drug-likeness (QED) is 0.772. The van der Waals surface area contributed by atoms with Crippen molar-refractivity contribution in [1.29, 1.82) is 0 Å². The molecule has 1 aromatic rings. The van der Waals surface area contributed by atoms with Gasteiger partial charge in [0.05, 0.1) is 12.2 Å². The number of benzene rings is 1. The standard InChI is InChI=1S/C19H27F3N2O2/c1-14(15-5-3-4-6-16(15)19(20,21)22)11-17(25)24-12-18(13-26-2)7-9-23-10-8-18/h3-6,14,23H,7-13H2,1-2H3,(H,24,25). The van der Waals surface area contributed by atoms with Crippen LogP contribution in [0.2, 0.25) is 0 Å². The second kappa shape index (κ2) is 8.86. The minimum absolute atomic E-state index is 0.0222. The van der Waals surface area contributed by atoms with Crippen LogP contribution in [0.15, 0.2) is 24.3 Å². The molecule has 0 spiro atoms. The highest BCUT2D eigenvalue weighted by atomic mass is 19.4. The summed E-state index contributed by atoms with van der Waals surface area (Å²) in [7, 11) is 1.64. The van der Waals surface area contributed by atoms with Crippen molar-refractivity contribution in [2.24, 2.45) is 5.41 Å². The first kappa shape index (κ1) is 20.7. The number of halogens is 3. The lowest BCUT2D eigenvalue weighted by Crippen LogP contribution is -2.47. The molecule has 0 radical (unpaired) electrons. The Morgan fingerprint density at radius 3 is 2.58 bits per heavy atom. The molecule has 1 fully saturated rings. The van der Waals surface area contributed by atoms with E-state index < -0.39 is 17.7 Å². The third-order valence-electron chi connectivity index (χ3n) is 5.06. The van der Waals surface area contributed by atoms with Crippen LogP contribution in [-0.2, 0) is 15.7 Å². The number of carbonyl (C=O) groups excluding carboxylic acids is 1. The molecule has 1 amide bonds. The lowest BCUT2D eigenvalue weighted by molar-refractivity contribution is -0.138. The molecule has 2 rings (SSSR count). The van der Waals surface area contributed by atoms with Crippen molar-refractivity contribution in [3.63, 3.8) is 0 Å². The minimum Gasteiger partial charge on any atom is -0.384 e. The fraction of sp³-hybridized carbons (Fsp3) is 0.632. The first-order valence-corrected chi connectivity index (χ1v) is 8.90. The van der Waals surface area contributed by atoms with Gasteiger partial charge in [-0.1, -0.05) is 25.1 Å². The molecule has 7 heteroatoms. The smallest absolute Gasteiger partial charge is 0.384 e. The zero-order valence-corrected chi connectivity index (χ0v) is 15.3. The fourth-order valence-corrected chi connectivity index (χ4v) is 3.57. The molecule has 1 unspecified atom stereocenters. The molecule has 0 aliphatic carbocycles. The number of piperidine rings is 1. The molecule has 2 N–H and O–H groups in total. The van der Waals surface area contributed by atoms with Crippen LogP contribution in [0, 0.1) is 5.41 Å². The molecule has 1 aromatic carbocycles. The largest absolute Gasteiger partial charge is 0.416 e. The summed E-state index contributed by atoms with van der Waals surface area (Å²) in [5.41, 5.74) is -0.624. The van der Waals surface area contributed by atoms with Gasteiger partial charge in [-0.15, -0.1) is 0 Å². The van der Waals surface area contributed by atoms with Gasteiger partial charge in [-0.3, -0.25) is 4.79 Å². The van der Waals surface area contributed by atoms with E-state index in [1.54, 1.807) is 20.1 Å². The first-order chi connectivity index (χ1) is 12.3. The van der Waals surface area contributed by atoms with Gasteiger partial charge in [0.1, 0.15) is 0 Å². The van der Waals surface area contributed by atoms with Crippen LogP contribution in [-0.4, -0.2) is 39.3 Å². The number of hydrogen-bond acceptors (Lipinski definition) is 3. The van der Waals surface area contributed by atoms with Gasteiger partial charge in [-0.2, -0.15) is 13.2 Å². The maximum absolute atomic E-state index is 13.2. The van der Waals surface area contributed by atoms with Crippen LogP contribution in [0.5, 0.6) is 0 Å². The molecule has 0 saturated carbocycles. The summed E-state index contributed by atoms with van der Waals surface area (Å²) in [4.78, 5) is 12.3. The summed E-state index contributed by atoms with van der Waals surface area (Å²) in [6.07, 6.45) is -2.60. The Labute approximate surface area is 152 Å². The Morgan fingerprint density at radius 2 is 1.96 bits per heavy atom. The average molecular weight is 372 g/mol. The number of ether oxygens (including phenoxy) is 1. The number of methoxy groups -OCH3 is 1. The van der Waals surface area contributed by atoms with Crippen molar-refractivity contribution in [3.8, 4) is 0 Å². The van der Waals surface area contributed by atoms with Gasteiger partial charge in [0.25, 0.3) is 0 Å². The van der Waals surface area contributed by atoms with Gasteiger partial charge in [0.15, 0.2) is 0 Å². The van der Waals surface area contributed by atoms with Crippen molar-refractivity contribution in [3.05, 3.63) is 35.4 Å². The normalized spacial score (nSPS) is 18.3. The molecular weight excluding hydrogens is 345 g/mol. The average Bonchev–Trinajstić information content (AvgIpc) is 2.60. The summed E-state index contributed by atoms with van der Waals surface area (Å²) in [5.74, 6) is -0.747. The molecule has 1 saturated heterocycles. The van der Waals surface area contributed by atoms with E-state index in [0.29, 0.717) is 13.2 Å². The minimum atomic E-state index is -4.42. The second-order valence-electron chi connectivity index (χ2n) is 7.15. The highest BCUT2D eigenvalue weighted by Crippen LogP contribution is 2.36. The van der Waals surface area contributed by atoms with E-state index >= 15 is 0 Å². The van der Waals surface area contributed by atoms with Gasteiger partial charge in [-0.05, 0) is 43.5 Å². The van der Waals surface area contributed by atoms with E-state index in [1.807, 2.05) is 0 Å². The van der Waals surface area contributed by atoms with E-state index in [1.165, 1.54) is 12.1 Å². The number of carbonyl (C=O) groups is 1. The van der Waals surface area contributed by atoms with Crippen molar-refractivity contribution >= 4 is 5.91 Å². The van der Waals surface area contributed by atoms with Crippen LogP contribution in [0.4, 0.5) is 13.2 Å². The van der Waals surface area contributed by atoms with Crippen molar-refractivity contribution in [1.82, 2.24) is 10.6 Å². The Bertz CT molecular complexity index is 593. The maximum atomic E-state index is 13.2. The van der Waals surface area contributed by atoms with Crippen molar-refractivity contribution < 1.29 is 22.7 Å². The molecule has 0 bridgehead atoms. The molecule has 0 aromatic heterocycles. The number of hydrogen-bond donors (Lipinski definition) is 2. The van der Waals surface area contributed by atoms with Crippen LogP contribution >= 0.6 is 0 Å². The topological polar surface area (TPSA) is 50.4 Å². The van der Waals surface area contributed by atoms with Crippen molar-refractivity contribution in [2.45, 2.75) is 38.3 Å². The third-order valence-corrected chi connectivity index (χ3v) is 5.06. The zero-order valence-electron chi connectivity index (χ0n) is 15.3.